The zero-order valence-electron chi connectivity index (χ0n) is 12.6. The van der Waals surface area contributed by atoms with Gasteiger partial charge in [-0.3, -0.25) is 9.59 Å². The average Bonchev–Trinajstić information content (AvgIpc) is 2.61. The van der Waals surface area contributed by atoms with Crippen molar-refractivity contribution in [2.75, 3.05) is 43.9 Å². The van der Waals surface area contributed by atoms with Gasteiger partial charge in [0.05, 0.1) is 17.8 Å². The monoisotopic (exact) mass is 290 g/mol. The van der Waals surface area contributed by atoms with Crippen molar-refractivity contribution in [3.8, 4) is 0 Å². The zero-order valence-corrected chi connectivity index (χ0v) is 12.6. The lowest BCUT2D eigenvalue weighted by atomic mass is 10.1. The SMILES string of the molecule is CCNC(=O)c1ccc(N)cc1N1CCCN(C)C(=O)C1. The van der Waals surface area contributed by atoms with Crippen LogP contribution in [0.4, 0.5) is 11.4 Å². The number of rotatable bonds is 3. The van der Waals surface area contributed by atoms with Crippen LogP contribution in [0.1, 0.15) is 23.7 Å². The lowest BCUT2D eigenvalue weighted by Gasteiger charge is -2.24. The van der Waals surface area contributed by atoms with Crippen molar-refractivity contribution < 1.29 is 9.59 Å². The summed E-state index contributed by atoms with van der Waals surface area (Å²) in [7, 11) is 1.80. The summed E-state index contributed by atoms with van der Waals surface area (Å²) in [6, 6.07) is 5.19. The van der Waals surface area contributed by atoms with E-state index in [1.165, 1.54) is 0 Å². The fraction of sp³-hybridized carbons (Fsp3) is 0.467. The van der Waals surface area contributed by atoms with E-state index in [1.807, 2.05) is 11.8 Å². The van der Waals surface area contributed by atoms with Gasteiger partial charge >= 0.3 is 0 Å². The molecule has 0 unspecified atom stereocenters. The maximum Gasteiger partial charge on any atom is 0.253 e. The molecule has 1 aliphatic heterocycles. The lowest BCUT2D eigenvalue weighted by molar-refractivity contribution is -0.127. The number of nitrogen functional groups attached to an aromatic ring is 1. The van der Waals surface area contributed by atoms with Crippen molar-refractivity contribution in [2.45, 2.75) is 13.3 Å². The normalized spacial score (nSPS) is 15.8. The van der Waals surface area contributed by atoms with Gasteiger partial charge in [-0.25, -0.2) is 0 Å². The second kappa shape index (κ2) is 6.47. The summed E-state index contributed by atoms with van der Waals surface area (Å²) in [6.45, 7) is 4.16. The number of amides is 2. The van der Waals surface area contributed by atoms with E-state index >= 15 is 0 Å². The van der Waals surface area contributed by atoms with Gasteiger partial charge in [0.25, 0.3) is 5.91 Å². The van der Waals surface area contributed by atoms with E-state index in [9.17, 15) is 9.59 Å². The molecule has 21 heavy (non-hydrogen) atoms. The van der Waals surface area contributed by atoms with Gasteiger partial charge in [-0.2, -0.15) is 0 Å². The van der Waals surface area contributed by atoms with Crippen LogP contribution in [0.5, 0.6) is 0 Å². The van der Waals surface area contributed by atoms with Gasteiger partial charge in [-0.1, -0.05) is 0 Å². The highest BCUT2D eigenvalue weighted by atomic mass is 16.2. The van der Waals surface area contributed by atoms with Crippen molar-refractivity contribution in [2.24, 2.45) is 0 Å². The van der Waals surface area contributed by atoms with Crippen LogP contribution in [-0.2, 0) is 4.79 Å². The number of anilines is 2. The van der Waals surface area contributed by atoms with Gasteiger partial charge < -0.3 is 20.9 Å². The molecule has 1 aromatic rings. The number of hydrogen-bond donors (Lipinski definition) is 2. The number of carbonyl (C=O) groups is 2. The standard InChI is InChI=1S/C15H22N4O2/c1-3-17-15(21)12-6-5-11(16)9-13(12)19-8-4-7-18(2)14(20)10-19/h5-6,9H,3-4,7-8,10,16H2,1-2H3,(H,17,21). The Bertz CT molecular complexity index is 544. The van der Waals surface area contributed by atoms with E-state index in [0.29, 0.717) is 17.8 Å². The molecule has 3 N–H and O–H groups in total. The fourth-order valence-electron chi connectivity index (χ4n) is 2.45. The molecule has 0 radical (unpaired) electrons. The molecule has 1 fully saturated rings. The Kier molecular flexibility index (Phi) is 4.67. The molecule has 1 aliphatic rings. The Morgan fingerprint density at radius 1 is 1.38 bits per heavy atom. The second-order valence-corrected chi connectivity index (χ2v) is 5.23. The van der Waals surface area contributed by atoms with E-state index in [0.717, 1.165) is 25.2 Å². The Morgan fingerprint density at radius 3 is 2.86 bits per heavy atom. The van der Waals surface area contributed by atoms with Crippen LogP contribution in [0.15, 0.2) is 18.2 Å². The molecule has 0 bridgehead atoms. The van der Waals surface area contributed by atoms with Crippen molar-refractivity contribution in [1.29, 1.82) is 0 Å². The third kappa shape index (κ3) is 3.45. The molecular weight excluding hydrogens is 268 g/mol. The Balaban J connectivity index is 2.34. The number of nitrogens with zero attached hydrogens (tertiary/aromatic N) is 2. The fourth-order valence-corrected chi connectivity index (χ4v) is 2.45. The summed E-state index contributed by atoms with van der Waals surface area (Å²) in [5.74, 6) is -0.0886. The maximum absolute atomic E-state index is 12.2. The predicted octanol–water partition coefficient (Wildman–Crippen LogP) is 0.687. The molecule has 1 aromatic carbocycles. The number of likely N-dealkylation sites (N-methyl/N-ethyl adjacent to an activating group) is 1. The van der Waals surface area contributed by atoms with Gasteiger partial charge in [-0.05, 0) is 31.5 Å². The number of nitrogens with two attached hydrogens (primary N) is 1. The van der Waals surface area contributed by atoms with Gasteiger partial charge in [0.2, 0.25) is 5.91 Å². The van der Waals surface area contributed by atoms with Gasteiger partial charge in [0, 0.05) is 32.4 Å². The highest BCUT2D eigenvalue weighted by molar-refractivity contribution is 6.01. The topological polar surface area (TPSA) is 78.7 Å². The zero-order chi connectivity index (χ0) is 15.4. The van der Waals surface area contributed by atoms with Crippen molar-refractivity contribution in [3.63, 3.8) is 0 Å². The molecule has 0 spiro atoms. The number of hydrogen-bond acceptors (Lipinski definition) is 4. The third-order valence-electron chi connectivity index (χ3n) is 3.62. The van der Waals surface area contributed by atoms with Gasteiger partial charge in [-0.15, -0.1) is 0 Å². The number of carbonyl (C=O) groups excluding carboxylic acids is 2. The first-order valence-corrected chi connectivity index (χ1v) is 7.19. The molecule has 0 saturated carbocycles. The Hall–Kier alpha value is -2.24. The molecule has 6 nitrogen and oxygen atoms in total. The summed E-state index contributed by atoms with van der Waals surface area (Å²) >= 11 is 0. The van der Waals surface area contributed by atoms with Gasteiger partial charge in [0.1, 0.15) is 0 Å². The van der Waals surface area contributed by atoms with Crippen molar-refractivity contribution in [1.82, 2.24) is 10.2 Å². The molecule has 0 atom stereocenters. The second-order valence-electron chi connectivity index (χ2n) is 5.23. The first-order valence-electron chi connectivity index (χ1n) is 7.19. The molecular formula is C15H22N4O2. The van der Waals surface area contributed by atoms with Gasteiger partial charge in [0.15, 0.2) is 0 Å². The Labute approximate surface area is 124 Å². The summed E-state index contributed by atoms with van der Waals surface area (Å²) < 4.78 is 0. The number of nitrogens with one attached hydrogen (secondary N) is 1. The molecule has 0 aliphatic carbocycles. The van der Waals surface area contributed by atoms with Crippen molar-refractivity contribution >= 4 is 23.2 Å². The molecule has 1 saturated heterocycles. The summed E-state index contributed by atoms with van der Waals surface area (Å²) in [6.07, 6.45) is 0.867. The highest BCUT2D eigenvalue weighted by Crippen LogP contribution is 2.25. The van der Waals surface area contributed by atoms with E-state index in [1.54, 1.807) is 30.1 Å². The van der Waals surface area contributed by atoms with Crippen LogP contribution in [0.3, 0.4) is 0 Å². The van der Waals surface area contributed by atoms with Crippen LogP contribution in [-0.4, -0.2) is 49.9 Å². The summed E-state index contributed by atoms with van der Waals surface area (Å²) in [4.78, 5) is 27.9. The van der Waals surface area contributed by atoms with Crippen LogP contribution in [0.2, 0.25) is 0 Å². The van der Waals surface area contributed by atoms with Crippen LogP contribution in [0, 0.1) is 0 Å². The minimum Gasteiger partial charge on any atom is -0.399 e. The molecule has 0 aromatic heterocycles. The molecule has 2 rings (SSSR count). The molecule has 114 valence electrons. The number of benzene rings is 1. The molecule has 6 heteroatoms. The summed E-state index contributed by atoms with van der Waals surface area (Å²) in [5.41, 5.74) is 7.73. The van der Waals surface area contributed by atoms with E-state index in [2.05, 4.69) is 5.32 Å². The Morgan fingerprint density at radius 2 is 2.14 bits per heavy atom. The maximum atomic E-state index is 12.2. The first-order chi connectivity index (χ1) is 10.0. The van der Waals surface area contributed by atoms with E-state index in [-0.39, 0.29) is 18.4 Å². The average molecular weight is 290 g/mol. The first kappa shape index (κ1) is 15.2. The molecule has 1 heterocycles. The van der Waals surface area contributed by atoms with Crippen LogP contribution >= 0.6 is 0 Å². The van der Waals surface area contributed by atoms with E-state index in [4.69, 9.17) is 5.73 Å². The van der Waals surface area contributed by atoms with E-state index < -0.39 is 0 Å². The lowest BCUT2D eigenvalue weighted by Crippen LogP contribution is -2.35. The van der Waals surface area contributed by atoms with Crippen LogP contribution in [0.25, 0.3) is 0 Å². The predicted molar refractivity (Wildman–Crippen MR) is 83.3 cm³/mol. The quantitative estimate of drug-likeness (QED) is 0.803. The van der Waals surface area contributed by atoms with Crippen LogP contribution < -0.4 is 16.0 Å². The third-order valence-corrected chi connectivity index (χ3v) is 3.62. The van der Waals surface area contributed by atoms with Crippen molar-refractivity contribution in [3.05, 3.63) is 23.8 Å². The largest absolute Gasteiger partial charge is 0.399 e. The summed E-state index contributed by atoms with van der Waals surface area (Å²) in [5, 5.41) is 2.79. The highest BCUT2D eigenvalue weighted by Gasteiger charge is 2.23. The minimum atomic E-state index is -0.141. The minimum absolute atomic E-state index is 0.0526. The smallest absolute Gasteiger partial charge is 0.253 e. The molecule has 2 amide bonds.